The maximum Gasteiger partial charge on any atom is 0.410 e. The molecule has 0 bridgehead atoms. The Bertz CT molecular complexity index is 1920. The Morgan fingerprint density at radius 3 is 2.42 bits per heavy atom. The lowest BCUT2D eigenvalue weighted by Gasteiger charge is -2.35. The monoisotopic (exact) mass is 644 g/mol. The molecule has 0 atom stereocenters. The summed E-state index contributed by atoms with van der Waals surface area (Å²) < 4.78 is 9.33. The van der Waals surface area contributed by atoms with Crippen molar-refractivity contribution >= 4 is 17.4 Å². The van der Waals surface area contributed by atoms with Crippen LogP contribution in [0.2, 0.25) is 0 Å². The summed E-state index contributed by atoms with van der Waals surface area (Å²) in [5, 5.41) is 19.1. The van der Waals surface area contributed by atoms with E-state index in [2.05, 4.69) is 56.4 Å². The molecule has 0 spiro atoms. The van der Waals surface area contributed by atoms with Gasteiger partial charge in [-0.1, -0.05) is 6.07 Å². The molecule has 0 radical (unpaired) electrons. The van der Waals surface area contributed by atoms with Crippen LogP contribution in [-0.2, 0) is 11.3 Å². The lowest BCUT2D eigenvalue weighted by atomic mass is 10.0. The summed E-state index contributed by atoms with van der Waals surface area (Å²) in [6.45, 7) is 11.4. The van der Waals surface area contributed by atoms with Gasteiger partial charge in [-0.25, -0.2) is 14.3 Å². The van der Waals surface area contributed by atoms with Gasteiger partial charge in [-0.05, 0) is 63.9 Å². The van der Waals surface area contributed by atoms with Gasteiger partial charge in [-0.3, -0.25) is 14.6 Å². The molecule has 0 aromatic carbocycles. The fraction of sp³-hybridized carbons (Fsp3) is 0.389. The molecule has 0 unspecified atom stereocenters. The molecule has 2 saturated heterocycles. The average molecular weight is 645 g/mol. The first-order valence-electron chi connectivity index (χ1n) is 16.5. The summed E-state index contributed by atoms with van der Waals surface area (Å²) >= 11 is 0. The van der Waals surface area contributed by atoms with E-state index in [1.807, 2.05) is 62.4 Å². The molecule has 246 valence electrons. The minimum absolute atomic E-state index is 0.184. The Labute approximate surface area is 280 Å². The van der Waals surface area contributed by atoms with Crippen molar-refractivity contribution in [3.8, 4) is 28.3 Å². The summed E-state index contributed by atoms with van der Waals surface area (Å²) in [7, 11) is 0. The molecule has 7 rings (SSSR count). The van der Waals surface area contributed by atoms with Crippen LogP contribution in [0.5, 0.6) is 0 Å². The topological polar surface area (TPSA) is 121 Å². The molecule has 2 aliphatic rings. The summed E-state index contributed by atoms with van der Waals surface area (Å²) in [6, 6.07) is 14.8. The number of nitrogens with zero attached hydrogens (tertiary/aromatic N) is 10. The van der Waals surface area contributed by atoms with E-state index in [9.17, 15) is 10.1 Å². The number of nitriles is 1. The van der Waals surface area contributed by atoms with Crippen LogP contribution in [-0.4, -0.2) is 90.1 Å². The van der Waals surface area contributed by atoms with Crippen molar-refractivity contribution in [2.24, 2.45) is 0 Å². The van der Waals surface area contributed by atoms with Crippen molar-refractivity contribution in [3.05, 3.63) is 84.8 Å². The Balaban J connectivity index is 1.07. The zero-order valence-corrected chi connectivity index (χ0v) is 27.7. The van der Waals surface area contributed by atoms with Crippen molar-refractivity contribution < 1.29 is 9.53 Å². The van der Waals surface area contributed by atoms with Gasteiger partial charge in [0.2, 0.25) is 0 Å². The highest BCUT2D eigenvalue weighted by Gasteiger charge is 2.28. The second-order valence-corrected chi connectivity index (χ2v) is 13.5. The maximum absolute atomic E-state index is 12.5. The Morgan fingerprint density at radius 1 is 0.917 bits per heavy atom. The maximum atomic E-state index is 12.5. The Hall–Kier alpha value is -5.28. The highest BCUT2D eigenvalue weighted by Crippen LogP contribution is 2.33. The molecule has 7 heterocycles. The summed E-state index contributed by atoms with van der Waals surface area (Å²) in [4.78, 5) is 28.4. The van der Waals surface area contributed by atoms with E-state index < -0.39 is 5.60 Å². The molecule has 0 N–H and O–H groups in total. The minimum atomic E-state index is -0.512. The van der Waals surface area contributed by atoms with E-state index in [4.69, 9.17) is 14.8 Å². The molecule has 2 aliphatic heterocycles. The number of carbonyl (C=O) groups is 1. The number of hydrogen-bond acceptors (Lipinski definition) is 9. The van der Waals surface area contributed by atoms with Crippen LogP contribution in [0.1, 0.15) is 50.9 Å². The first kappa shape index (κ1) is 31.3. The first-order chi connectivity index (χ1) is 23.2. The Kier molecular flexibility index (Phi) is 8.54. The van der Waals surface area contributed by atoms with E-state index in [0.29, 0.717) is 18.7 Å². The number of hydrogen-bond donors (Lipinski definition) is 0. The lowest BCUT2D eigenvalue weighted by Crippen LogP contribution is -2.46. The molecule has 5 aromatic rings. The average Bonchev–Trinajstić information content (AvgIpc) is 3.76. The van der Waals surface area contributed by atoms with E-state index in [0.717, 1.165) is 84.8 Å². The van der Waals surface area contributed by atoms with Gasteiger partial charge in [-0.2, -0.15) is 15.5 Å². The van der Waals surface area contributed by atoms with E-state index in [-0.39, 0.29) is 12.1 Å². The van der Waals surface area contributed by atoms with Gasteiger partial charge in [0.15, 0.2) is 0 Å². The van der Waals surface area contributed by atoms with Crippen LogP contribution >= 0.6 is 0 Å². The number of fused-ring (bicyclic) bond motifs is 1. The standard InChI is InChI=1S/C36H40N10O2/c1-36(2,3)48-35(47)44-12-9-31(10-13-44)45-24-29(22-40-45)27-18-32(34-28(19-37)21-41-46(34)23-27)26-7-8-33(39-20-26)43-16-14-42(15-17-43)25-30-6-4-5-11-38-30/h4-8,11,18,20-24,31H,9-10,12-17,25H2,1-3H3. The fourth-order valence-corrected chi connectivity index (χ4v) is 6.50. The smallest absolute Gasteiger partial charge is 0.410 e. The quantitative estimate of drug-likeness (QED) is 0.239. The second kappa shape index (κ2) is 13.1. The number of amides is 1. The second-order valence-electron chi connectivity index (χ2n) is 13.5. The molecular weight excluding hydrogens is 604 g/mol. The van der Waals surface area contributed by atoms with Crippen LogP contribution in [0.25, 0.3) is 27.8 Å². The predicted octanol–water partition coefficient (Wildman–Crippen LogP) is 5.42. The molecule has 0 saturated carbocycles. The van der Waals surface area contributed by atoms with Crippen molar-refractivity contribution in [3.63, 3.8) is 0 Å². The van der Waals surface area contributed by atoms with Crippen LogP contribution in [0.4, 0.5) is 10.6 Å². The van der Waals surface area contributed by atoms with Crippen molar-refractivity contribution in [1.82, 2.24) is 39.2 Å². The van der Waals surface area contributed by atoms with E-state index >= 15 is 0 Å². The SMILES string of the molecule is CC(C)(C)OC(=O)N1CCC(n2cc(-c3cc(-c4ccc(N5CCN(Cc6ccccn6)CC5)nc4)c4c(C#N)cnn4c3)cn2)CC1. The number of piperazine rings is 1. The molecule has 2 fully saturated rings. The van der Waals surface area contributed by atoms with Gasteiger partial charge in [0.05, 0.1) is 35.2 Å². The van der Waals surface area contributed by atoms with Crippen LogP contribution in [0.15, 0.2) is 73.6 Å². The minimum Gasteiger partial charge on any atom is -0.444 e. The van der Waals surface area contributed by atoms with Gasteiger partial charge >= 0.3 is 6.09 Å². The van der Waals surface area contributed by atoms with Crippen molar-refractivity contribution in [1.29, 1.82) is 5.26 Å². The van der Waals surface area contributed by atoms with E-state index in [1.54, 1.807) is 15.6 Å². The molecule has 12 heteroatoms. The predicted molar refractivity (Wildman–Crippen MR) is 182 cm³/mol. The number of aromatic nitrogens is 6. The zero-order chi connectivity index (χ0) is 33.3. The normalized spacial score (nSPS) is 16.3. The summed E-state index contributed by atoms with van der Waals surface area (Å²) in [5.41, 5.74) is 5.54. The summed E-state index contributed by atoms with van der Waals surface area (Å²) in [6.07, 6.45) is 12.6. The molecule has 0 aliphatic carbocycles. The number of pyridine rings is 3. The molecular formula is C36H40N10O2. The fourth-order valence-electron chi connectivity index (χ4n) is 6.50. The van der Waals surface area contributed by atoms with Gasteiger partial charge in [0, 0.05) is 92.9 Å². The highest BCUT2D eigenvalue weighted by atomic mass is 16.6. The molecule has 1 amide bonds. The third kappa shape index (κ3) is 6.73. The van der Waals surface area contributed by atoms with Crippen LogP contribution < -0.4 is 4.90 Å². The number of anilines is 1. The number of carbonyl (C=O) groups excluding carboxylic acids is 1. The third-order valence-electron chi connectivity index (χ3n) is 9.02. The van der Waals surface area contributed by atoms with E-state index in [1.165, 1.54) is 0 Å². The van der Waals surface area contributed by atoms with Crippen LogP contribution in [0.3, 0.4) is 0 Å². The number of ether oxygens (including phenoxy) is 1. The highest BCUT2D eigenvalue weighted by molar-refractivity contribution is 5.87. The van der Waals surface area contributed by atoms with Crippen molar-refractivity contribution in [2.75, 3.05) is 44.2 Å². The van der Waals surface area contributed by atoms with Gasteiger partial charge in [-0.15, -0.1) is 0 Å². The third-order valence-corrected chi connectivity index (χ3v) is 9.02. The lowest BCUT2D eigenvalue weighted by molar-refractivity contribution is 0.0185. The molecule has 12 nitrogen and oxygen atoms in total. The number of likely N-dealkylation sites (tertiary alicyclic amines) is 1. The summed E-state index contributed by atoms with van der Waals surface area (Å²) in [5.74, 6) is 0.941. The number of piperidine rings is 1. The van der Waals surface area contributed by atoms with Gasteiger partial charge in [0.25, 0.3) is 0 Å². The van der Waals surface area contributed by atoms with Crippen molar-refractivity contribution in [2.45, 2.75) is 51.8 Å². The zero-order valence-electron chi connectivity index (χ0n) is 27.7. The molecule has 5 aromatic heterocycles. The largest absolute Gasteiger partial charge is 0.444 e. The first-order valence-corrected chi connectivity index (χ1v) is 16.5. The number of rotatable bonds is 6. The van der Waals surface area contributed by atoms with Gasteiger partial charge < -0.3 is 14.5 Å². The van der Waals surface area contributed by atoms with Gasteiger partial charge in [0.1, 0.15) is 17.5 Å². The molecule has 48 heavy (non-hydrogen) atoms. The van der Waals surface area contributed by atoms with Crippen LogP contribution in [0, 0.1) is 11.3 Å². The Morgan fingerprint density at radius 2 is 1.73 bits per heavy atom.